The minimum Gasteiger partial charge on any atom is -0.508 e. The van der Waals surface area contributed by atoms with E-state index in [1.807, 2.05) is 12.1 Å². The molecule has 0 spiro atoms. The van der Waals surface area contributed by atoms with Gasteiger partial charge in [-0.1, -0.05) is 18.6 Å². The van der Waals surface area contributed by atoms with Gasteiger partial charge in [0.1, 0.15) is 5.75 Å². The second-order valence-corrected chi connectivity index (χ2v) is 6.95. The summed E-state index contributed by atoms with van der Waals surface area (Å²) in [6.07, 6.45) is 8.23. The monoisotopic (exact) mass is 257 g/mol. The molecular weight excluding hydrogens is 234 g/mol. The van der Waals surface area contributed by atoms with Crippen molar-refractivity contribution in [3.8, 4) is 5.75 Å². The van der Waals surface area contributed by atoms with E-state index in [0.29, 0.717) is 11.2 Å². The summed E-state index contributed by atoms with van der Waals surface area (Å²) in [5.41, 5.74) is 1.70. The Bertz CT molecular complexity index is 482. The van der Waals surface area contributed by atoms with Crippen molar-refractivity contribution in [2.45, 2.75) is 50.0 Å². The zero-order chi connectivity index (χ0) is 12.9. The molecule has 1 saturated heterocycles. The van der Waals surface area contributed by atoms with Gasteiger partial charge in [-0.3, -0.25) is 4.90 Å². The maximum Gasteiger partial charge on any atom is 0.115 e. The molecule has 0 aromatic heterocycles. The molecule has 4 rings (SSSR count). The summed E-state index contributed by atoms with van der Waals surface area (Å²) in [6.45, 7) is 2.54. The van der Waals surface area contributed by atoms with Crippen LogP contribution in [0.15, 0.2) is 24.3 Å². The lowest BCUT2D eigenvalue weighted by Crippen LogP contribution is -2.31. The van der Waals surface area contributed by atoms with Crippen molar-refractivity contribution in [1.82, 2.24) is 4.90 Å². The summed E-state index contributed by atoms with van der Waals surface area (Å²) in [4.78, 5) is 2.76. The second kappa shape index (κ2) is 4.24. The third kappa shape index (κ3) is 2.06. The highest BCUT2D eigenvalue weighted by Crippen LogP contribution is 2.48. The number of hydrogen-bond donors (Lipinski definition) is 1. The highest BCUT2D eigenvalue weighted by Gasteiger charge is 2.48. The van der Waals surface area contributed by atoms with Gasteiger partial charge in [0.05, 0.1) is 0 Å². The van der Waals surface area contributed by atoms with E-state index in [1.165, 1.54) is 57.2 Å². The largest absolute Gasteiger partial charge is 0.508 e. The van der Waals surface area contributed by atoms with Crippen LogP contribution in [-0.2, 0) is 5.41 Å². The highest BCUT2D eigenvalue weighted by molar-refractivity contribution is 5.35. The number of hydrogen-bond acceptors (Lipinski definition) is 2. The average molecular weight is 257 g/mol. The van der Waals surface area contributed by atoms with Crippen molar-refractivity contribution in [1.29, 1.82) is 0 Å². The maximum atomic E-state index is 9.78. The molecule has 2 unspecified atom stereocenters. The van der Waals surface area contributed by atoms with Crippen LogP contribution in [0.5, 0.6) is 5.75 Å². The van der Waals surface area contributed by atoms with E-state index in [1.54, 1.807) is 6.07 Å². The van der Waals surface area contributed by atoms with Crippen molar-refractivity contribution in [2.24, 2.45) is 5.92 Å². The number of benzene rings is 1. The Morgan fingerprint density at radius 3 is 2.95 bits per heavy atom. The Hall–Kier alpha value is -1.02. The molecule has 0 radical (unpaired) electrons. The van der Waals surface area contributed by atoms with Crippen molar-refractivity contribution in [2.75, 3.05) is 13.1 Å². The number of phenols is 1. The molecule has 2 aliphatic carbocycles. The van der Waals surface area contributed by atoms with Crippen LogP contribution in [0.3, 0.4) is 0 Å². The number of aromatic hydroxyl groups is 1. The first-order valence-electron chi connectivity index (χ1n) is 7.79. The molecule has 2 bridgehead atoms. The third-order valence-electron chi connectivity index (χ3n) is 5.49. The molecule has 0 amide bonds. The first kappa shape index (κ1) is 11.8. The van der Waals surface area contributed by atoms with Gasteiger partial charge in [0, 0.05) is 24.5 Å². The molecule has 2 nitrogen and oxygen atoms in total. The predicted molar refractivity (Wildman–Crippen MR) is 76.3 cm³/mol. The summed E-state index contributed by atoms with van der Waals surface area (Å²) >= 11 is 0. The van der Waals surface area contributed by atoms with Crippen LogP contribution in [0.1, 0.15) is 44.1 Å². The van der Waals surface area contributed by atoms with E-state index in [0.717, 1.165) is 12.0 Å². The zero-order valence-corrected chi connectivity index (χ0v) is 11.5. The quantitative estimate of drug-likeness (QED) is 0.898. The highest BCUT2D eigenvalue weighted by atomic mass is 16.3. The van der Waals surface area contributed by atoms with Gasteiger partial charge in [0.2, 0.25) is 0 Å². The van der Waals surface area contributed by atoms with Gasteiger partial charge in [-0.15, -0.1) is 0 Å². The van der Waals surface area contributed by atoms with E-state index in [9.17, 15) is 5.11 Å². The smallest absolute Gasteiger partial charge is 0.115 e. The lowest BCUT2D eigenvalue weighted by Gasteiger charge is -2.32. The van der Waals surface area contributed by atoms with E-state index in [2.05, 4.69) is 11.0 Å². The van der Waals surface area contributed by atoms with Crippen LogP contribution in [-0.4, -0.2) is 29.1 Å². The summed E-state index contributed by atoms with van der Waals surface area (Å²) in [6, 6.07) is 8.83. The number of phenolic OH excluding ortho intramolecular Hbond substituents is 1. The van der Waals surface area contributed by atoms with Crippen LogP contribution in [0.2, 0.25) is 0 Å². The fourth-order valence-electron chi connectivity index (χ4n) is 4.34. The van der Waals surface area contributed by atoms with Crippen molar-refractivity contribution in [3.63, 3.8) is 0 Å². The fraction of sp³-hybridized carbons (Fsp3) is 0.647. The molecule has 19 heavy (non-hydrogen) atoms. The Kier molecular flexibility index (Phi) is 2.63. The topological polar surface area (TPSA) is 23.5 Å². The Balaban J connectivity index is 1.62. The van der Waals surface area contributed by atoms with Gasteiger partial charge in [-0.2, -0.15) is 0 Å². The average Bonchev–Trinajstić information content (AvgIpc) is 3.18. The number of likely N-dealkylation sites (tertiary alicyclic amines) is 1. The normalized spacial score (nSPS) is 34.6. The van der Waals surface area contributed by atoms with Crippen LogP contribution in [0.25, 0.3) is 0 Å². The molecule has 1 N–H and O–H groups in total. The Labute approximate surface area is 115 Å². The molecule has 102 valence electrons. The van der Waals surface area contributed by atoms with E-state index in [4.69, 9.17) is 0 Å². The molecule has 1 aromatic carbocycles. The van der Waals surface area contributed by atoms with Gasteiger partial charge in [0.25, 0.3) is 0 Å². The van der Waals surface area contributed by atoms with Crippen molar-refractivity contribution < 1.29 is 5.11 Å². The molecule has 2 saturated carbocycles. The van der Waals surface area contributed by atoms with Crippen molar-refractivity contribution in [3.05, 3.63) is 29.8 Å². The SMILES string of the molecule is Oc1cccc(C23CCCC(C2)N(CC2CC2)C3)c1. The number of nitrogens with zero attached hydrogens (tertiary/aromatic N) is 1. The second-order valence-electron chi connectivity index (χ2n) is 6.95. The zero-order valence-electron chi connectivity index (χ0n) is 11.5. The first-order chi connectivity index (χ1) is 9.25. The predicted octanol–water partition coefficient (Wildman–Crippen LogP) is 3.30. The summed E-state index contributed by atoms with van der Waals surface area (Å²) < 4.78 is 0. The van der Waals surface area contributed by atoms with Crippen molar-refractivity contribution >= 4 is 0 Å². The minimum atomic E-state index is 0.330. The van der Waals surface area contributed by atoms with Gasteiger partial charge >= 0.3 is 0 Å². The molecule has 2 heteroatoms. The molecule has 1 aromatic rings. The Morgan fingerprint density at radius 1 is 1.26 bits per heavy atom. The minimum absolute atomic E-state index is 0.330. The molecular formula is C17H23NO. The van der Waals surface area contributed by atoms with E-state index in [-0.39, 0.29) is 0 Å². The molecule has 1 aliphatic heterocycles. The van der Waals surface area contributed by atoms with E-state index >= 15 is 0 Å². The lowest BCUT2D eigenvalue weighted by atomic mass is 9.71. The van der Waals surface area contributed by atoms with Gasteiger partial charge < -0.3 is 5.11 Å². The van der Waals surface area contributed by atoms with E-state index < -0.39 is 0 Å². The first-order valence-corrected chi connectivity index (χ1v) is 7.79. The molecule has 2 atom stereocenters. The maximum absolute atomic E-state index is 9.78. The standard InChI is InChI=1S/C17H23NO/c19-16-5-1-3-14(9-16)17-8-2-4-15(10-17)18(12-17)11-13-6-7-13/h1,3,5,9,13,15,19H,2,4,6-8,10-12H2. The van der Waals surface area contributed by atoms with Gasteiger partial charge in [-0.05, 0) is 55.7 Å². The Morgan fingerprint density at radius 2 is 2.16 bits per heavy atom. The third-order valence-corrected chi connectivity index (χ3v) is 5.49. The van der Waals surface area contributed by atoms with Crippen LogP contribution in [0, 0.1) is 5.92 Å². The van der Waals surface area contributed by atoms with Crippen LogP contribution < -0.4 is 0 Å². The van der Waals surface area contributed by atoms with Crippen LogP contribution >= 0.6 is 0 Å². The summed E-state index contributed by atoms with van der Waals surface area (Å²) in [5, 5.41) is 9.78. The van der Waals surface area contributed by atoms with Crippen LogP contribution in [0.4, 0.5) is 0 Å². The number of fused-ring (bicyclic) bond motifs is 2. The summed E-state index contributed by atoms with van der Waals surface area (Å²) in [7, 11) is 0. The molecule has 3 aliphatic rings. The number of rotatable bonds is 3. The van der Waals surface area contributed by atoms with Gasteiger partial charge in [-0.25, -0.2) is 0 Å². The van der Waals surface area contributed by atoms with Gasteiger partial charge in [0.15, 0.2) is 0 Å². The molecule has 3 fully saturated rings. The fourth-order valence-corrected chi connectivity index (χ4v) is 4.34. The lowest BCUT2D eigenvalue weighted by molar-refractivity contribution is 0.235. The molecule has 1 heterocycles. The summed E-state index contributed by atoms with van der Waals surface area (Å²) in [5.74, 6) is 1.41.